The monoisotopic (exact) mass is 382 g/mol. The lowest BCUT2D eigenvalue weighted by Crippen LogP contribution is -2.48. The number of hydrogen-bond donors (Lipinski definition) is 2. The van der Waals surface area contributed by atoms with E-state index >= 15 is 0 Å². The summed E-state index contributed by atoms with van der Waals surface area (Å²) in [5.74, 6) is 1.13. The molecule has 2 heterocycles. The smallest absolute Gasteiger partial charge is 0.108 e. The third-order valence-corrected chi connectivity index (χ3v) is 6.00. The number of nitrogens with zero attached hydrogens (tertiary/aromatic N) is 2. The van der Waals surface area contributed by atoms with Crippen molar-refractivity contribution >= 4 is 28.8 Å². The molecule has 0 amide bonds. The number of hydrogen-bond acceptors (Lipinski definition) is 3. The number of anilines is 2. The quantitative estimate of drug-likeness (QED) is 0.829. The van der Waals surface area contributed by atoms with E-state index < -0.39 is 0 Å². The third-order valence-electron chi connectivity index (χ3n) is 5.76. The fourth-order valence-corrected chi connectivity index (χ4v) is 4.37. The van der Waals surface area contributed by atoms with Gasteiger partial charge in [-0.3, -0.25) is 4.99 Å². The standard InChI is InChI=1S/C22H27ClN4/c1-27(2)19-7-6-17-14-22(8-10-24-11-9-22)21(26-20(17)13-19)25-15-16-4-3-5-18(23)12-16/h3-7,12-13,24H,8-11,14-15H2,1-2H3,(H,25,26). The van der Waals surface area contributed by atoms with Gasteiger partial charge in [-0.25, -0.2) is 0 Å². The summed E-state index contributed by atoms with van der Waals surface area (Å²) in [5, 5.41) is 7.97. The molecular formula is C22H27ClN4. The van der Waals surface area contributed by atoms with Crippen LogP contribution in [0.2, 0.25) is 5.02 Å². The molecule has 5 heteroatoms. The molecular weight excluding hydrogens is 356 g/mol. The summed E-state index contributed by atoms with van der Waals surface area (Å²) in [6.07, 6.45) is 3.28. The molecule has 0 bridgehead atoms. The lowest BCUT2D eigenvalue weighted by atomic mass is 9.70. The summed E-state index contributed by atoms with van der Waals surface area (Å²) in [6.45, 7) is 2.74. The molecule has 2 N–H and O–H groups in total. The van der Waals surface area contributed by atoms with Gasteiger partial charge >= 0.3 is 0 Å². The minimum atomic E-state index is 0.108. The highest BCUT2D eigenvalue weighted by molar-refractivity contribution is 6.30. The molecule has 2 aliphatic rings. The predicted octanol–water partition coefficient (Wildman–Crippen LogP) is 4.34. The van der Waals surface area contributed by atoms with Gasteiger partial charge in [0.25, 0.3) is 0 Å². The van der Waals surface area contributed by atoms with E-state index in [1.165, 1.54) is 16.9 Å². The van der Waals surface area contributed by atoms with E-state index in [4.69, 9.17) is 16.6 Å². The second-order valence-electron chi connectivity index (χ2n) is 7.86. The molecule has 2 aliphatic heterocycles. The van der Waals surface area contributed by atoms with Gasteiger partial charge in [0, 0.05) is 35.9 Å². The van der Waals surface area contributed by atoms with Gasteiger partial charge in [0.1, 0.15) is 5.84 Å². The Morgan fingerprint density at radius 3 is 2.67 bits per heavy atom. The fraction of sp³-hybridized carbons (Fsp3) is 0.409. The van der Waals surface area contributed by atoms with E-state index in [1.807, 2.05) is 18.2 Å². The van der Waals surface area contributed by atoms with Crippen molar-refractivity contribution in [1.82, 2.24) is 5.32 Å². The van der Waals surface area contributed by atoms with Gasteiger partial charge in [-0.1, -0.05) is 29.8 Å². The summed E-state index contributed by atoms with van der Waals surface area (Å²) < 4.78 is 0. The van der Waals surface area contributed by atoms with Crippen molar-refractivity contribution in [3.8, 4) is 0 Å². The van der Waals surface area contributed by atoms with Crippen LogP contribution >= 0.6 is 11.6 Å². The molecule has 0 aliphatic carbocycles. The van der Waals surface area contributed by atoms with Crippen LogP contribution in [0.1, 0.15) is 24.0 Å². The lowest BCUT2D eigenvalue weighted by molar-refractivity contribution is 0.293. The second-order valence-corrected chi connectivity index (χ2v) is 8.30. The Labute approximate surface area is 166 Å². The zero-order valence-corrected chi connectivity index (χ0v) is 16.8. The summed E-state index contributed by atoms with van der Waals surface area (Å²) in [5.41, 5.74) is 5.04. The summed E-state index contributed by atoms with van der Waals surface area (Å²) in [7, 11) is 4.15. The number of halogens is 1. The molecule has 4 nitrogen and oxygen atoms in total. The zero-order chi connectivity index (χ0) is 18.9. The van der Waals surface area contributed by atoms with Crippen molar-refractivity contribution in [2.45, 2.75) is 25.8 Å². The van der Waals surface area contributed by atoms with Crippen LogP contribution in [0.5, 0.6) is 0 Å². The highest BCUT2D eigenvalue weighted by Crippen LogP contribution is 2.42. The molecule has 1 fully saturated rings. The molecule has 0 atom stereocenters. The van der Waals surface area contributed by atoms with Crippen LogP contribution in [-0.2, 0) is 13.0 Å². The summed E-state index contributed by atoms with van der Waals surface area (Å²) in [4.78, 5) is 7.19. The normalized spacial score (nSPS) is 19.6. The minimum Gasteiger partial charge on any atom is -0.378 e. The number of aliphatic imine (C=N–C) groups is 1. The van der Waals surface area contributed by atoms with E-state index in [0.717, 1.165) is 48.8 Å². The van der Waals surface area contributed by atoms with Crippen LogP contribution in [0, 0.1) is 5.41 Å². The van der Waals surface area contributed by atoms with Gasteiger partial charge in [0.2, 0.25) is 0 Å². The fourth-order valence-electron chi connectivity index (χ4n) is 4.15. The number of piperidine rings is 1. The first-order valence-electron chi connectivity index (χ1n) is 9.63. The Balaban J connectivity index is 1.68. The summed E-state index contributed by atoms with van der Waals surface area (Å²) in [6, 6.07) is 14.7. The van der Waals surface area contributed by atoms with Crippen molar-refractivity contribution in [2.75, 3.05) is 37.4 Å². The molecule has 2 aromatic rings. The number of rotatable bonds is 3. The van der Waals surface area contributed by atoms with Crippen LogP contribution in [-0.4, -0.2) is 33.0 Å². The van der Waals surface area contributed by atoms with Gasteiger partial charge in [-0.2, -0.15) is 0 Å². The Morgan fingerprint density at radius 1 is 1.11 bits per heavy atom. The van der Waals surface area contributed by atoms with Crippen LogP contribution < -0.4 is 15.5 Å². The van der Waals surface area contributed by atoms with E-state index in [9.17, 15) is 0 Å². The zero-order valence-electron chi connectivity index (χ0n) is 16.1. The lowest BCUT2D eigenvalue weighted by Gasteiger charge is -2.43. The largest absolute Gasteiger partial charge is 0.378 e. The van der Waals surface area contributed by atoms with Crippen LogP contribution in [0.15, 0.2) is 47.5 Å². The van der Waals surface area contributed by atoms with Crippen LogP contribution in [0.3, 0.4) is 0 Å². The van der Waals surface area contributed by atoms with Gasteiger partial charge in [0.05, 0.1) is 6.54 Å². The first kappa shape index (κ1) is 18.3. The van der Waals surface area contributed by atoms with E-state index in [0.29, 0.717) is 6.54 Å². The Hall–Kier alpha value is -2.04. The van der Waals surface area contributed by atoms with Crippen molar-refractivity contribution in [1.29, 1.82) is 0 Å². The Bertz CT molecular complexity index is 853. The molecule has 0 aromatic heterocycles. The molecule has 0 saturated carbocycles. The van der Waals surface area contributed by atoms with Crippen LogP contribution in [0.25, 0.3) is 0 Å². The Morgan fingerprint density at radius 2 is 1.93 bits per heavy atom. The molecule has 142 valence electrons. The van der Waals surface area contributed by atoms with Gasteiger partial charge in [0.15, 0.2) is 0 Å². The first-order valence-corrected chi connectivity index (χ1v) is 10.0. The summed E-state index contributed by atoms with van der Waals surface area (Å²) >= 11 is 6.15. The Kier molecular flexibility index (Phi) is 5.11. The maximum absolute atomic E-state index is 6.15. The molecule has 1 spiro atoms. The van der Waals surface area contributed by atoms with Crippen LogP contribution in [0.4, 0.5) is 11.4 Å². The molecule has 4 rings (SSSR count). The SMILES string of the molecule is CN(C)c1ccc2c(c1)NC(=NCc1cccc(Cl)c1)C1(CCNCC1)C2. The topological polar surface area (TPSA) is 39.7 Å². The van der Waals surface area contributed by atoms with Crippen molar-refractivity contribution < 1.29 is 0 Å². The molecule has 27 heavy (non-hydrogen) atoms. The molecule has 0 unspecified atom stereocenters. The third kappa shape index (κ3) is 3.83. The molecule has 0 radical (unpaired) electrons. The van der Waals surface area contributed by atoms with Crippen molar-refractivity contribution in [2.24, 2.45) is 10.4 Å². The van der Waals surface area contributed by atoms with Crippen molar-refractivity contribution in [3.63, 3.8) is 0 Å². The average Bonchev–Trinajstić information content (AvgIpc) is 2.66. The van der Waals surface area contributed by atoms with Gasteiger partial charge < -0.3 is 15.5 Å². The highest BCUT2D eigenvalue weighted by Gasteiger charge is 2.41. The first-order chi connectivity index (χ1) is 13.1. The average molecular weight is 383 g/mol. The van der Waals surface area contributed by atoms with E-state index in [1.54, 1.807) is 0 Å². The maximum atomic E-state index is 6.15. The molecule has 1 saturated heterocycles. The number of benzene rings is 2. The van der Waals surface area contributed by atoms with E-state index in [-0.39, 0.29) is 5.41 Å². The minimum absolute atomic E-state index is 0.108. The molecule has 2 aromatic carbocycles. The van der Waals surface area contributed by atoms with Gasteiger partial charge in [-0.15, -0.1) is 0 Å². The predicted molar refractivity (Wildman–Crippen MR) is 115 cm³/mol. The second kappa shape index (κ2) is 7.53. The number of fused-ring (bicyclic) bond motifs is 1. The van der Waals surface area contributed by atoms with Crippen molar-refractivity contribution in [3.05, 3.63) is 58.6 Å². The van der Waals surface area contributed by atoms with E-state index in [2.05, 4.69) is 53.9 Å². The number of amidine groups is 1. The van der Waals surface area contributed by atoms with Gasteiger partial charge in [-0.05, 0) is 67.7 Å². The highest BCUT2D eigenvalue weighted by atomic mass is 35.5. The maximum Gasteiger partial charge on any atom is 0.108 e. The number of nitrogens with one attached hydrogen (secondary N) is 2.